The molecular weight excluding hydrogens is 380 g/mol. The Hall–Kier alpha value is -1.02. The standard InChI is InChI=1S/C16H20ClF3N2O2.ClH/c17-15(12-5-4-6-13(9-12)16(18,19)20)21-24-11-14(23)10-22-7-2-1-3-8-22;/h4-6,9,14,23H,1-3,7-8,10-11H2;1H/b21-15-;. The van der Waals surface area contributed by atoms with Gasteiger partial charge in [0.25, 0.3) is 0 Å². The van der Waals surface area contributed by atoms with Crippen molar-refractivity contribution in [3.8, 4) is 0 Å². The number of likely N-dealkylation sites (tertiary alicyclic amines) is 1. The number of hydrogen-bond donors (Lipinski definition) is 1. The first kappa shape index (κ1) is 22.0. The SMILES string of the molecule is Cl.OC(CO/N=C(\Cl)c1cccc(C(F)(F)F)c1)CN1CCCCC1. The van der Waals surface area contributed by atoms with Crippen molar-refractivity contribution in [2.45, 2.75) is 31.5 Å². The number of aliphatic hydroxyl groups is 1. The van der Waals surface area contributed by atoms with Crippen molar-refractivity contribution in [3.63, 3.8) is 0 Å². The first-order valence-corrected chi connectivity index (χ1v) is 8.17. The van der Waals surface area contributed by atoms with Crippen molar-refractivity contribution in [1.29, 1.82) is 0 Å². The summed E-state index contributed by atoms with van der Waals surface area (Å²) in [5.41, 5.74) is -0.699. The van der Waals surface area contributed by atoms with Gasteiger partial charge in [0.05, 0.1) is 5.56 Å². The number of aliphatic hydroxyl groups excluding tert-OH is 1. The van der Waals surface area contributed by atoms with E-state index in [0.29, 0.717) is 6.54 Å². The van der Waals surface area contributed by atoms with Gasteiger partial charge >= 0.3 is 6.18 Å². The number of β-amino-alcohol motifs (C(OH)–C–C–N with tert-alkyl or cyclic N) is 1. The average molecular weight is 401 g/mol. The van der Waals surface area contributed by atoms with Gasteiger partial charge < -0.3 is 14.8 Å². The fourth-order valence-corrected chi connectivity index (χ4v) is 2.72. The highest BCUT2D eigenvalue weighted by Gasteiger charge is 2.30. The third-order valence-electron chi connectivity index (χ3n) is 3.76. The number of rotatable bonds is 6. The minimum Gasteiger partial charge on any atom is -0.392 e. The smallest absolute Gasteiger partial charge is 0.392 e. The van der Waals surface area contributed by atoms with Crippen LogP contribution in [0.5, 0.6) is 0 Å². The largest absolute Gasteiger partial charge is 0.416 e. The molecule has 1 fully saturated rings. The van der Waals surface area contributed by atoms with Gasteiger partial charge in [0.1, 0.15) is 12.7 Å². The second-order valence-corrected chi connectivity index (χ2v) is 6.13. The minimum atomic E-state index is -4.45. The van der Waals surface area contributed by atoms with Crippen LogP contribution in [0, 0.1) is 0 Å². The molecule has 0 aromatic heterocycles. The Kier molecular flexibility index (Phi) is 8.99. The van der Waals surface area contributed by atoms with Crippen molar-refractivity contribution in [1.82, 2.24) is 4.90 Å². The van der Waals surface area contributed by atoms with E-state index in [4.69, 9.17) is 16.4 Å². The second kappa shape index (κ2) is 10.2. The van der Waals surface area contributed by atoms with E-state index in [0.717, 1.165) is 38.1 Å². The van der Waals surface area contributed by atoms with Crippen LogP contribution in [0.1, 0.15) is 30.4 Å². The summed E-state index contributed by atoms with van der Waals surface area (Å²) in [6, 6.07) is 4.52. The van der Waals surface area contributed by atoms with Gasteiger partial charge in [-0.2, -0.15) is 13.2 Å². The highest BCUT2D eigenvalue weighted by Crippen LogP contribution is 2.29. The summed E-state index contributed by atoms with van der Waals surface area (Å²) in [5, 5.41) is 13.3. The summed E-state index contributed by atoms with van der Waals surface area (Å²) in [5.74, 6) is 0. The Morgan fingerprint density at radius 3 is 2.60 bits per heavy atom. The van der Waals surface area contributed by atoms with Crippen LogP contribution < -0.4 is 0 Å². The molecule has 9 heteroatoms. The first-order valence-electron chi connectivity index (χ1n) is 7.80. The van der Waals surface area contributed by atoms with Gasteiger partial charge in [0.15, 0.2) is 5.17 Å². The Bertz CT molecular complexity index is 565. The minimum absolute atomic E-state index is 0. The molecule has 1 unspecified atom stereocenters. The lowest BCUT2D eigenvalue weighted by atomic mass is 10.1. The maximum absolute atomic E-state index is 12.7. The topological polar surface area (TPSA) is 45.1 Å². The molecule has 0 bridgehead atoms. The van der Waals surface area contributed by atoms with E-state index in [1.54, 1.807) is 0 Å². The lowest BCUT2D eigenvalue weighted by Crippen LogP contribution is -2.38. The molecule has 1 aromatic rings. The molecule has 1 aliphatic heterocycles. The van der Waals surface area contributed by atoms with Crippen molar-refractivity contribution in [2.75, 3.05) is 26.2 Å². The van der Waals surface area contributed by atoms with Gasteiger partial charge in [0.2, 0.25) is 0 Å². The van der Waals surface area contributed by atoms with E-state index in [1.165, 1.54) is 18.6 Å². The second-order valence-electron chi connectivity index (χ2n) is 5.77. The Morgan fingerprint density at radius 1 is 1.28 bits per heavy atom. The van der Waals surface area contributed by atoms with E-state index in [1.807, 2.05) is 0 Å². The zero-order valence-corrected chi connectivity index (χ0v) is 15.1. The van der Waals surface area contributed by atoms with Crippen LogP contribution >= 0.6 is 24.0 Å². The molecule has 0 aliphatic carbocycles. The van der Waals surface area contributed by atoms with Crippen LogP contribution in [-0.4, -0.2) is 47.5 Å². The van der Waals surface area contributed by atoms with Crippen molar-refractivity contribution in [2.24, 2.45) is 5.16 Å². The third kappa shape index (κ3) is 7.40. The summed E-state index contributed by atoms with van der Waals surface area (Å²) in [4.78, 5) is 7.13. The fraction of sp³-hybridized carbons (Fsp3) is 0.562. The lowest BCUT2D eigenvalue weighted by Gasteiger charge is -2.27. The Morgan fingerprint density at radius 2 is 1.96 bits per heavy atom. The maximum Gasteiger partial charge on any atom is 0.416 e. The number of nitrogens with zero attached hydrogens (tertiary/aromatic N) is 2. The number of oxime groups is 1. The van der Waals surface area contributed by atoms with Crippen LogP contribution in [0.2, 0.25) is 0 Å². The Balaban J connectivity index is 0.00000312. The average Bonchev–Trinajstić information content (AvgIpc) is 2.55. The fourth-order valence-electron chi connectivity index (χ4n) is 2.55. The molecular formula is C16H21Cl2F3N2O2. The molecule has 25 heavy (non-hydrogen) atoms. The molecule has 0 amide bonds. The highest BCUT2D eigenvalue weighted by molar-refractivity contribution is 6.69. The summed E-state index contributed by atoms with van der Waals surface area (Å²) in [6.07, 6.45) is -1.73. The molecule has 1 aromatic carbocycles. The van der Waals surface area contributed by atoms with E-state index in [2.05, 4.69) is 10.1 Å². The van der Waals surface area contributed by atoms with Crippen LogP contribution in [0.4, 0.5) is 13.2 Å². The number of hydrogen-bond acceptors (Lipinski definition) is 4. The van der Waals surface area contributed by atoms with Crippen LogP contribution in [0.25, 0.3) is 0 Å². The molecule has 1 saturated heterocycles. The van der Waals surface area contributed by atoms with Gasteiger partial charge in [-0.3, -0.25) is 0 Å². The summed E-state index contributed by atoms with van der Waals surface area (Å²) >= 11 is 5.87. The molecule has 1 aliphatic rings. The maximum atomic E-state index is 12.7. The van der Waals surface area contributed by atoms with Gasteiger partial charge in [0, 0.05) is 12.1 Å². The van der Waals surface area contributed by atoms with Crippen molar-refractivity contribution >= 4 is 29.2 Å². The van der Waals surface area contributed by atoms with Gasteiger partial charge in [-0.05, 0) is 38.1 Å². The van der Waals surface area contributed by atoms with E-state index in [-0.39, 0.29) is 29.7 Å². The predicted octanol–water partition coefficient (Wildman–Crippen LogP) is 3.89. The predicted molar refractivity (Wildman–Crippen MR) is 93.3 cm³/mol. The van der Waals surface area contributed by atoms with Crippen molar-refractivity contribution in [3.05, 3.63) is 35.4 Å². The molecule has 1 N–H and O–H groups in total. The summed E-state index contributed by atoms with van der Waals surface area (Å²) < 4.78 is 38.0. The number of alkyl halides is 3. The first-order chi connectivity index (χ1) is 11.4. The van der Waals surface area contributed by atoms with Crippen LogP contribution in [-0.2, 0) is 11.0 Å². The van der Waals surface area contributed by atoms with Gasteiger partial charge in [-0.1, -0.05) is 35.3 Å². The van der Waals surface area contributed by atoms with E-state index >= 15 is 0 Å². The molecule has 2 rings (SSSR count). The number of piperidine rings is 1. The molecule has 0 radical (unpaired) electrons. The monoisotopic (exact) mass is 400 g/mol. The van der Waals surface area contributed by atoms with Crippen LogP contribution in [0.15, 0.2) is 29.4 Å². The zero-order valence-electron chi connectivity index (χ0n) is 13.5. The summed E-state index contributed by atoms with van der Waals surface area (Å²) in [6.45, 7) is 2.32. The zero-order chi connectivity index (χ0) is 17.6. The third-order valence-corrected chi connectivity index (χ3v) is 4.04. The van der Waals surface area contributed by atoms with Gasteiger partial charge in [-0.25, -0.2) is 0 Å². The molecule has 4 nitrogen and oxygen atoms in total. The molecule has 1 atom stereocenters. The number of halogens is 5. The Labute approximate surface area is 156 Å². The van der Waals surface area contributed by atoms with E-state index < -0.39 is 17.8 Å². The molecule has 0 spiro atoms. The summed E-state index contributed by atoms with van der Waals surface area (Å²) in [7, 11) is 0. The van der Waals surface area contributed by atoms with Crippen LogP contribution in [0.3, 0.4) is 0 Å². The highest BCUT2D eigenvalue weighted by atomic mass is 35.5. The lowest BCUT2D eigenvalue weighted by molar-refractivity contribution is -0.137. The quantitative estimate of drug-likeness (QED) is 0.581. The molecule has 142 valence electrons. The number of benzene rings is 1. The normalized spacial score (nSPS) is 17.7. The van der Waals surface area contributed by atoms with Crippen molar-refractivity contribution < 1.29 is 23.1 Å². The molecule has 0 saturated carbocycles. The molecule has 1 heterocycles. The van der Waals surface area contributed by atoms with E-state index in [9.17, 15) is 18.3 Å². The van der Waals surface area contributed by atoms with Gasteiger partial charge in [-0.15, -0.1) is 12.4 Å².